The van der Waals surface area contributed by atoms with E-state index in [2.05, 4.69) is 36.3 Å². The van der Waals surface area contributed by atoms with Crippen molar-refractivity contribution in [3.8, 4) is 0 Å². The van der Waals surface area contributed by atoms with Crippen LogP contribution in [0.3, 0.4) is 0 Å². The average Bonchev–Trinajstić information content (AvgIpc) is 2.16. The second-order valence-corrected chi connectivity index (χ2v) is 3.96. The molecule has 0 aliphatic heterocycles. The number of hydrogen-bond donors (Lipinski definition) is 1. The number of aromatic nitrogens is 2. The lowest BCUT2D eigenvalue weighted by Crippen LogP contribution is -2.25. The van der Waals surface area contributed by atoms with Gasteiger partial charge in [0.25, 0.3) is 0 Å². The largest absolute Gasteiger partial charge is 0.366 e. The van der Waals surface area contributed by atoms with Crippen molar-refractivity contribution in [2.75, 3.05) is 5.32 Å². The molecule has 0 aromatic carbocycles. The zero-order chi connectivity index (χ0) is 10.6. The molecule has 1 rings (SSSR count). The minimum Gasteiger partial charge on any atom is -0.366 e. The molecule has 1 atom stereocenters. The number of hydrogen-bond acceptors (Lipinski definition) is 3. The summed E-state index contributed by atoms with van der Waals surface area (Å²) in [5, 5.41) is 11.5. The van der Waals surface area contributed by atoms with Gasteiger partial charge in [0.1, 0.15) is 5.82 Å². The number of nitrogens with zero attached hydrogens (tertiary/aromatic N) is 2. The molecular weight excluding hydrogens is 174 g/mol. The van der Waals surface area contributed by atoms with E-state index in [1.807, 2.05) is 19.1 Å². The molecule has 0 spiro atoms. The SMILES string of the molecule is CCC(Nc1ccc(C)nn1)C(C)C. The second kappa shape index (κ2) is 4.94. The molecule has 0 saturated heterocycles. The zero-order valence-corrected chi connectivity index (χ0v) is 9.41. The normalized spacial score (nSPS) is 12.9. The lowest BCUT2D eigenvalue weighted by atomic mass is 10.0. The maximum atomic E-state index is 4.09. The van der Waals surface area contributed by atoms with Crippen LogP contribution in [0.15, 0.2) is 12.1 Å². The standard InChI is InChI=1S/C11H19N3/c1-5-10(8(2)3)12-11-7-6-9(4)13-14-11/h6-8,10H,5H2,1-4H3,(H,12,14). The Morgan fingerprint density at radius 1 is 1.29 bits per heavy atom. The van der Waals surface area contributed by atoms with Crippen molar-refractivity contribution in [2.24, 2.45) is 5.92 Å². The molecule has 3 nitrogen and oxygen atoms in total. The second-order valence-electron chi connectivity index (χ2n) is 3.96. The summed E-state index contributed by atoms with van der Waals surface area (Å²) in [6.45, 7) is 8.54. The highest BCUT2D eigenvalue weighted by atomic mass is 15.2. The van der Waals surface area contributed by atoms with Gasteiger partial charge in [-0.3, -0.25) is 0 Å². The Morgan fingerprint density at radius 3 is 2.43 bits per heavy atom. The first-order valence-corrected chi connectivity index (χ1v) is 5.20. The van der Waals surface area contributed by atoms with Gasteiger partial charge in [0, 0.05) is 6.04 Å². The lowest BCUT2D eigenvalue weighted by molar-refractivity contribution is 0.509. The van der Waals surface area contributed by atoms with Gasteiger partial charge in [-0.15, -0.1) is 5.10 Å². The Bertz CT molecular complexity index is 266. The van der Waals surface area contributed by atoms with Crippen LogP contribution >= 0.6 is 0 Å². The van der Waals surface area contributed by atoms with Crippen LogP contribution in [0.1, 0.15) is 32.9 Å². The molecule has 1 aromatic rings. The number of anilines is 1. The summed E-state index contributed by atoms with van der Waals surface area (Å²) in [5.74, 6) is 1.49. The van der Waals surface area contributed by atoms with Gasteiger partial charge in [-0.25, -0.2) is 0 Å². The highest BCUT2D eigenvalue weighted by molar-refractivity contribution is 5.34. The first-order chi connectivity index (χ1) is 6.63. The third-order valence-electron chi connectivity index (χ3n) is 2.38. The molecule has 0 fully saturated rings. The summed E-state index contributed by atoms with van der Waals surface area (Å²) < 4.78 is 0. The molecule has 78 valence electrons. The molecule has 3 heteroatoms. The van der Waals surface area contributed by atoms with Gasteiger partial charge < -0.3 is 5.32 Å². The molecule has 0 saturated carbocycles. The average molecular weight is 193 g/mol. The van der Waals surface area contributed by atoms with Crippen LogP contribution < -0.4 is 5.32 Å². The minimum absolute atomic E-state index is 0.479. The fraction of sp³-hybridized carbons (Fsp3) is 0.636. The van der Waals surface area contributed by atoms with Crippen LogP contribution in [-0.2, 0) is 0 Å². The van der Waals surface area contributed by atoms with Crippen molar-refractivity contribution in [1.29, 1.82) is 0 Å². The number of rotatable bonds is 4. The van der Waals surface area contributed by atoms with E-state index in [1.54, 1.807) is 0 Å². The molecule has 0 radical (unpaired) electrons. The topological polar surface area (TPSA) is 37.8 Å². The lowest BCUT2D eigenvalue weighted by Gasteiger charge is -2.20. The first-order valence-electron chi connectivity index (χ1n) is 5.20. The fourth-order valence-corrected chi connectivity index (χ4v) is 1.41. The number of nitrogens with one attached hydrogen (secondary N) is 1. The molecule has 1 aromatic heterocycles. The molecule has 1 heterocycles. The molecule has 14 heavy (non-hydrogen) atoms. The van der Waals surface area contributed by atoms with Gasteiger partial charge in [-0.1, -0.05) is 20.8 Å². The quantitative estimate of drug-likeness (QED) is 0.798. The fourth-order valence-electron chi connectivity index (χ4n) is 1.41. The van der Waals surface area contributed by atoms with Crippen LogP contribution in [0.4, 0.5) is 5.82 Å². The summed E-state index contributed by atoms with van der Waals surface area (Å²) in [6.07, 6.45) is 1.10. The maximum Gasteiger partial charge on any atom is 0.148 e. The van der Waals surface area contributed by atoms with Crippen molar-refractivity contribution >= 4 is 5.82 Å². The maximum absolute atomic E-state index is 4.09. The van der Waals surface area contributed by atoms with Crippen LogP contribution in [0.2, 0.25) is 0 Å². The van der Waals surface area contributed by atoms with E-state index in [9.17, 15) is 0 Å². The van der Waals surface area contributed by atoms with Crippen LogP contribution in [0.25, 0.3) is 0 Å². The summed E-state index contributed by atoms with van der Waals surface area (Å²) >= 11 is 0. The van der Waals surface area contributed by atoms with Crippen LogP contribution in [-0.4, -0.2) is 16.2 Å². The molecule has 0 aliphatic rings. The Morgan fingerprint density at radius 2 is 2.00 bits per heavy atom. The van der Waals surface area contributed by atoms with Gasteiger partial charge >= 0.3 is 0 Å². The Balaban J connectivity index is 2.63. The summed E-state index contributed by atoms with van der Waals surface area (Å²) in [4.78, 5) is 0. The van der Waals surface area contributed by atoms with Crippen LogP contribution in [0, 0.1) is 12.8 Å². The molecule has 1 unspecified atom stereocenters. The summed E-state index contributed by atoms with van der Waals surface area (Å²) in [6, 6.07) is 4.43. The van der Waals surface area contributed by atoms with Gasteiger partial charge in [-0.2, -0.15) is 5.10 Å². The molecule has 1 N–H and O–H groups in total. The van der Waals surface area contributed by atoms with E-state index in [0.717, 1.165) is 17.9 Å². The van der Waals surface area contributed by atoms with E-state index in [-0.39, 0.29) is 0 Å². The third-order valence-corrected chi connectivity index (χ3v) is 2.38. The smallest absolute Gasteiger partial charge is 0.148 e. The van der Waals surface area contributed by atoms with Crippen molar-refractivity contribution in [1.82, 2.24) is 10.2 Å². The predicted octanol–water partition coefficient (Wildman–Crippen LogP) is 2.63. The number of aryl methyl sites for hydroxylation is 1. The van der Waals surface area contributed by atoms with Crippen molar-refractivity contribution < 1.29 is 0 Å². The molecule has 0 amide bonds. The van der Waals surface area contributed by atoms with E-state index in [0.29, 0.717) is 12.0 Å². The van der Waals surface area contributed by atoms with Gasteiger partial charge in [-0.05, 0) is 31.4 Å². The predicted molar refractivity (Wildman–Crippen MR) is 59.3 cm³/mol. The van der Waals surface area contributed by atoms with E-state index in [1.165, 1.54) is 0 Å². The Labute approximate surface area is 85.9 Å². The minimum atomic E-state index is 0.479. The Kier molecular flexibility index (Phi) is 3.86. The monoisotopic (exact) mass is 193 g/mol. The molecule has 0 aliphatic carbocycles. The van der Waals surface area contributed by atoms with E-state index >= 15 is 0 Å². The van der Waals surface area contributed by atoms with Crippen molar-refractivity contribution in [3.05, 3.63) is 17.8 Å². The van der Waals surface area contributed by atoms with Gasteiger partial charge in [0.2, 0.25) is 0 Å². The highest BCUT2D eigenvalue weighted by Gasteiger charge is 2.10. The van der Waals surface area contributed by atoms with Crippen molar-refractivity contribution in [3.63, 3.8) is 0 Å². The highest BCUT2D eigenvalue weighted by Crippen LogP contribution is 2.12. The zero-order valence-electron chi connectivity index (χ0n) is 9.41. The first kappa shape index (κ1) is 11.0. The summed E-state index contributed by atoms with van der Waals surface area (Å²) in [5.41, 5.74) is 0.952. The molecule has 0 bridgehead atoms. The third kappa shape index (κ3) is 2.98. The van der Waals surface area contributed by atoms with Gasteiger partial charge in [0.05, 0.1) is 5.69 Å². The van der Waals surface area contributed by atoms with Crippen LogP contribution in [0.5, 0.6) is 0 Å². The summed E-state index contributed by atoms with van der Waals surface area (Å²) in [7, 11) is 0. The van der Waals surface area contributed by atoms with Crippen molar-refractivity contribution in [2.45, 2.75) is 40.2 Å². The van der Waals surface area contributed by atoms with E-state index in [4.69, 9.17) is 0 Å². The van der Waals surface area contributed by atoms with E-state index < -0.39 is 0 Å². The Hall–Kier alpha value is -1.12. The molecular formula is C11H19N3. The van der Waals surface area contributed by atoms with Gasteiger partial charge in [0.15, 0.2) is 0 Å².